The van der Waals surface area contributed by atoms with E-state index in [2.05, 4.69) is 40.5 Å². The number of benzene rings is 3. The molecule has 0 unspecified atom stereocenters. The molecule has 0 radical (unpaired) electrons. The maximum Gasteiger partial charge on any atom is 0.240 e. The Morgan fingerprint density at radius 1 is 0.886 bits per heavy atom. The molecule has 0 saturated heterocycles. The maximum absolute atomic E-state index is 13.1. The first-order valence-corrected chi connectivity index (χ1v) is 14.1. The van der Waals surface area contributed by atoms with Crippen molar-refractivity contribution < 1.29 is 12.8 Å². The van der Waals surface area contributed by atoms with Crippen molar-refractivity contribution in [2.45, 2.75) is 36.4 Å². The number of aromatic nitrogens is 2. The predicted molar refractivity (Wildman–Crippen MR) is 140 cm³/mol. The molecular weight excluding hydrogens is 481 g/mol. The van der Waals surface area contributed by atoms with Crippen LogP contribution in [0.2, 0.25) is 0 Å². The Hall–Kier alpha value is -2.94. The summed E-state index contributed by atoms with van der Waals surface area (Å²) in [5, 5.41) is 0.956. The van der Waals surface area contributed by atoms with E-state index in [0.29, 0.717) is 13.0 Å². The monoisotopic (exact) mass is 509 g/mol. The van der Waals surface area contributed by atoms with Crippen LogP contribution in [0.15, 0.2) is 95.0 Å². The van der Waals surface area contributed by atoms with Gasteiger partial charge in [0.1, 0.15) is 5.82 Å². The first-order chi connectivity index (χ1) is 17.0. The van der Waals surface area contributed by atoms with Crippen molar-refractivity contribution in [2.75, 3.05) is 12.3 Å². The summed E-state index contributed by atoms with van der Waals surface area (Å²) in [5.74, 6) is 0.356. The number of hydrogen-bond acceptors (Lipinski definition) is 4. The van der Waals surface area contributed by atoms with Crippen LogP contribution in [-0.4, -0.2) is 30.3 Å². The summed E-state index contributed by atoms with van der Waals surface area (Å²) in [6.07, 6.45) is 1.52. The first kappa shape index (κ1) is 25.2. The SMILES string of the molecule is CCn1c(SCCCCNS(=O)(=O)c2ccc(F)cc2)nc(-c2ccccc2)c1-c1ccccc1. The zero-order chi connectivity index (χ0) is 24.7. The minimum atomic E-state index is -3.63. The molecular formula is C27H28FN3O2S2. The van der Waals surface area contributed by atoms with Gasteiger partial charge in [-0.25, -0.2) is 22.5 Å². The summed E-state index contributed by atoms with van der Waals surface area (Å²) >= 11 is 1.68. The van der Waals surface area contributed by atoms with Crippen LogP contribution in [0.5, 0.6) is 0 Å². The van der Waals surface area contributed by atoms with Gasteiger partial charge >= 0.3 is 0 Å². The minimum Gasteiger partial charge on any atom is -0.319 e. The van der Waals surface area contributed by atoms with Crippen molar-refractivity contribution in [2.24, 2.45) is 0 Å². The number of thioether (sulfide) groups is 1. The lowest BCUT2D eigenvalue weighted by molar-refractivity contribution is 0.577. The predicted octanol–water partition coefficient (Wildman–Crippen LogP) is 6.23. The Balaban J connectivity index is 1.41. The Morgan fingerprint density at radius 2 is 1.51 bits per heavy atom. The molecule has 0 aliphatic heterocycles. The lowest BCUT2D eigenvalue weighted by Gasteiger charge is -2.11. The van der Waals surface area contributed by atoms with E-state index in [4.69, 9.17) is 4.98 Å². The van der Waals surface area contributed by atoms with Crippen molar-refractivity contribution >= 4 is 21.8 Å². The van der Waals surface area contributed by atoms with Crippen molar-refractivity contribution in [3.8, 4) is 22.5 Å². The molecule has 0 spiro atoms. The summed E-state index contributed by atoms with van der Waals surface area (Å²) in [6.45, 7) is 3.24. The van der Waals surface area contributed by atoms with Crippen molar-refractivity contribution in [1.82, 2.24) is 14.3 Å². The van der Waals surface area contributed by atoms with E-state index in [9.17, 15) is 12.8 Å². The molecule has 1 heterocycles. The van der Waals surface area contributed by atoms with Gasteiger partial charge in [0, 0.05) is 30.0 Å². The molecule has 0 aliphatic carbocycles. The highest BCUT2D eigenvalue weighted by Gasteiger charge is 2.19. The quantitative estimate of drug-likeness (QED) is 0.192. The number of hydrogen-bond donors (Lipinski definition) is 1. The third-order valence-electron chi connectivity index (χ3n) is 5.56. The largest absolute Gasteiger partial charge is 0.319 e. The van der Waals surface area contributed by atoms with Crippen molar-refractivity contribution in [3.05, 3.63) is 90.7 Å². The summed E-state index contributed by atoms with van der Waals surface area (Å²) < 4.78 is 42.6. The van der Waals surface area contributed by atoms with Gasteiger partial charge in [0.25, 0.3) is 0 Å². The van der Waals surface area contributed by atoms with Gasteiger partial charge in [0.2, 0.25) is 10.0 Å². The average molecular weight is 510 g/mol. The van der Waals surface area contributed by atoms with Gasteiger partial charge < -0.3 is 4.57 Å². The van der Waals surface area contributed by atoms with Gasteiger partial charge in [-0.15, -0.1) is 0 Å². The molecule has 1 aromatic heterocycles. The summed E-state index contributed by atoms with van der Waals surface area (Å²) in [5.41, 5.74) is 4.28. The molecule has 0 atom stereocenters. The highest BCUT2D eigenvalue weighted by molar-refractivity contribution is 7.99. The van der Waals surface area contributed by atoms with Crippen molar-refractivity contribution in [3.63, 3.8) is 0 Å². The van der Waals surface area contributed by atoms with Crippen LogP contribution in [0.25, 0.3) is 22.5 Å². The highest BCUT2D eigenvalue weighted by atomic mass is 32.2. The number of sulfonamides is 1. The second-order valence-corrected chi connectivity index (χ2v) is 10.8. The molecule has 5 nitrogen and oxygen atoms in total. The lowest BCUT2D eigenvalue weighted by Crippen LogP contribution is -2.24. The van der Waals surface area contributed by atoms with Crippen LogP contribution in [0, 0.1) is 5.82 Å². The van der Waals surface area contributed by atoms with Crippen LogP contribution in [0.4, 0.5) is 4.39 Å². The normalized spacial score (nSPS) is 11.6. The fraction of sp³-hybridized carbons (Fsp3) is 0.222. The Kier molecular flexibility index (Phi) is 8.38. The summed E-state index contributed by atoms with van der Waals surface area (Å²) in [6, 6.07) is 25.3. The Morgan fingerprint density at radius 3 is 2.14 bits per heavy atom. The highest BCUT2D eigenvalue weighted by Crippen LogP contribution is 2.36. The number of halogens is 1. The van der Waals surface area contributed by atoms with Gasteiger partial charge in [-0.2, -0.15) is 0 Å². The van der Waals surface area contributed by atoms with E-state index in [1.165, 1.54) is 12.1 Å². The van der Waals surface area contributed by atoms with Crippen LogP contribution in [0.3, 0.4) is 0 Å². The fourth-order valence-electron chi connectivity index (χ4n) is 3.82. The first-order valence-electron chi connectivity index (χ1n) is 11.6. The molecule has 182 valence electrons. The van der Waals surface area contributed by atoms with Gasteiger partial charge in [-0.3, -0.25) is 0 Å². The second kappa shape index (κ2) is 11.7. The molecule has 8 heteroatoms. The molecule has 1 N–H and O–H groups in total. The number of imidazole rings is 1. The van der Waals surface area contributed by atoms with Crippen LogP contribution in [-0.2, 0) is 16.6 Å². The molecule has 0 aliphatic rings. The number of nitrogens with one attached hydrogen (secondary N) is 1. The van der Waals surface area contributed by atoms with Crippen LogP contribution in [0.1, 0.15) is 19.8 Å². The Labute approximate surface area is 210 Å². The average Bonchev–Trinajstić information content (AvgIpc) is 3.26. The van der Waals surface area contributed by atoms with E-state index in [-0.39, 0.29) is 4.90 Å². The van der Waals surface area contributed by atoms with Gasteiger partial charge in [0.15, 0.2) is 5.16 Å². The lowest BCUT2D eigenvalue weighted by atomic mass is 10.0. The summed E-state index contributed by atoms with van der Waals surface area (Å²) in [4.78, 5) is 5.08. The third-order valence-corrected chi connectivity index (χ3v) is 8.10. The van der Waals surface area contributed by atoms with Gasteiger partial charge in [0.05, 0.1) is 16.3 Å². The van der Waals surface area contributed by atoms with Crippen molar-refractivity contribution in [1.29, 1.82) is 0 Å². The fourth-order valence-corrected chi connectivity index (χ4v) is 5.95. The summed E-state index contributed by atoms with van der Waals surface area (Å²) in [7, 11) is -3.63. The van der Waals surface area contributed by atoms with E-state index in [0.717, 1.165) is 58.5 Å². The standard InChI is InChI=1S/C27H28FN3O2S2/c1-2-31-26(22-13-7-4-8-14-22)25(21-11-5-3-6-12-21)30-27(31)34-20-10-9-19-29-35(32,33)24-17-15-23(28)16-18-24/h3-8,11-18,29H,2,9-10,19-20H2,1H3. The molecule has 0 fully saturated rings. The molecule has 3 aromatic carbocycles. The smallest absolute Gasteiger partial charge is 0.240 e. The minimum absolute atomic E-state index is 0.0696. The molecule has 35 heavy (non-hydrogen) atoms. The zero-order valence-electron chi connectivity index (χ0n) is 19.5. The van der Waals surface area contributed by atoms with E-state index in [1.54, 1.807) is 11.8 Å². The molecule has 0 amide bonds. The molecule has 4 rings (SSSR count). The van der Waals surface area contributed by atoms with Crippen LogP contribution < -0.4 is 4.72 Å². The number of nitrogens with zero attached hydrogens (tertiary/aromatic N) is 2. The van der Waals surface area contributed by atoms with Gasteiger partial charge in [-0.1, -0.05) is 72.4 Å². The molecule has 4 aromatic rings. The maximum atomic E-state index is 13.1. The second-order valence-electron chi connectivity index (χ2n) is 7.98. The third kappa shape index (κ3) is 6.20. The zero-order valence-corrected chi connectivity index (χ0v) is 21.2. The van der Waals surface area contributed by atoms with E-state index < -0.39 is 15.8 Å². The molecule has 0 bridgehead atoms. The Bertz CT molecular complexity index is 1340. The topological polar surface area (TPSA) is 64.0 Å². The van der Waals surface area contributed by atoms with Gasteiger partial charge in [-0.05, 0) is 44.0 Å². The number of unbranched alkanes of at least 4 members (excludes halogenated alkanes) is 1. The number of rotatable bonds is 11. The van der Waals surface area contributed by atoms with E-state index in [1.807, 2.05) is 36.4 Å². The van der Waals surface area contributed by atoms with Crippen LogP contribution >= 0.6 is 11.8 Å². The molecule has 0 saturated carbocycles. The van der Waals surface area contributed by atoms with E-state index >= 15 is 0 Å².